The van der Waals surface area contributed by atoms with Crippen molar-refractivity contribution in [3.8, 4) is 23.0 Å². The van der Waals surface area contributed by atoms with Gasteiger partial charge < -0.3 is 14.0 Å². The van der Waals surface area contributed by atoms with Gasteiger partial charge in [-0.3, -0.25) is 0 Å². The Morgan fingerprint density at radius 1 is 0.708 bits per heavy atom. The van der Waals surface area contributed by atoms with E-state index in [0.29, 0.717) is 0 Å². The molecule has 0 amide bonds. The first kappa shape index (κ1) is 14.3. The van der Waals surface area contributed by atoms with Crippen LogP contribution in [-0.2, 0) is 7.05 Å². The summed E-state index contributed by atoms with van der Waals surface area (Å²) in [5, 5.41) is 0. The number of ether oxygens (including phenoxy) is 2. The highest BCUT2D eigenvalue weighted by Crippen LogP contribution is 2.28. The fourth-order valence-electron chi connectivity index (χ4n) is 2.51. The van der Waals surface area contributed by atoms with E-state index in [4.69, 9.17) is 9.47 Å². The third kappa shape index (κ3) is 2.94. The van der Waals surface area contributed by atoms with Crippen LogP contribution >= 0.6 is 0 Å². The molecule has 118 valence electrons. The van der Waals surface area contributed by atoms with Crippen LogP contribution in [0.1, 0.15) is 0 Å². The molecule has 0 radical (unpaired) electrons. The number of nitrogens with zero attached hydrogens (tertiary/aromatic N) is 2. The molecule has 0 bridgehead atoms. The number of benzene rings is 3. The Labute approximate surface area is 139 Å². The van der Waals surface area contributed by atoms with Crippen LogP contribution in [0.3, 0.4) is 0 Å². The van der Waals surface area contributed by atoms with Gasteiger partial charge in [-0.25, -0.2) is 4.98 Å². The molecule has 0 saturated heterocycles. The summed E-state index contributed by atoms with van der Waals surface area (Å²) in [6, 6.07) is 23.1. The largest absolute Gasteiger partial charge is 0.457 e. The Hall–Kier alpha value is -3.27. The van der Waals surface area contributed by atoms with Crippen LogP contribution in [0, 0.1) is 0 Å². The van der Waals surface area contributed by atoms with E-state index in [0.717, 1.165) is 34.0 Å². The Morgan fingerprint density at radius 2 is 1.29 bits per heavy atom. The van der Waals surface area contributed by atoms with Crippen molar-refractivity contribution in [1.29, 1.82) is 0 Å². The van der Waals surface area contributed by atoms with E-state index >= 15 is 0 Å². The van der Waals surface area contributed by atoms with E-state index < -0.39 is 0 Å². The molecule has 0 saturated carbocycles. The number of imidazole rings is 1. The summed E-state index contributed by atoms with van der Waals surface area (Å²) in [5.41, 5.74) is 1.99. The van der Waals surface area contributed by atoms with E-state index in [1.165, 1.54) is 0 Å². The number of fused-ring (bicyclic) bond motifs is 1. The third-order valence-electron chi connectivity index (χ3n) is 3.74. The van der Waals surface area contributed by atoms with Crippen molar-refractivity contribution in [2.24, 2.45) is 7.05 Å². The molecule has 0 unspecified atom stereocenters. The smallest absolute Gasteiger partial charge is 0.129 e. The van der Waals surface area contributed by atoms with Gasteiger partial charge >= 0.3 is 0 Å². The number of rotatable bonds is 4. The van der Waals surface area contributed by atoms with E-state index in [1.807, 2.05) is 84.4 Å². The fourth-order valence-corrected chi connectivity index (χ4v) is 2.51. The molecule has 0 spiro atoms. The second-order valence-corrected chi connectivity index (χ2v) is 5.49. The summed E-state index contributed by atoms with van der Waals surface area (Å²) in [7, 11) is 1.97. The summed E-state index contributed by atoms with van der Waals surface area (Å²) in [4.78, 5) is 4.31. The maximum absolute atomic E-state index is 5.92. The molecule has 0 aliphatic carbocycles. The second kappa shape index (κ2) is 6.08. The van der Waals surface area contributed by atoms with Gasteiger partial charge in [0, 0.05) is 13.1 Å². The molecular weight excluding hydrogens is 300 g/mol. The first-order valence-electron chi connectivity index (χ1n) is 7.70. The van der Waals surface area contributed by atoms with Gasteiger partial charge in [0.2, 0.25) is 0 Å². The molecule has 4 aromatic rings. The van der Waals surface area contributed by atoms with Crippen molar-refractivity contribution in [3.05, 3.63) is 79.1 Å². The minimum absolute atomic E-state index is 0.761. The molecule has 4 rings (SSSR count). The van der Waals surface area contributed by atoms with Gasteiger partial charge in [0.15, 0.2) is 0 Å². The molecule has 4 nitrogen and oxygen atoms in total. The average molecular weight is 316 g/mol. The monoisotopic (exact) mass is 316 g/mol. The minimum Gasteiger partial charge on any atom is -0.457 e. The van der Waals surface area contributed by atoms with Crippen LogP contribution in [0.2, 0.25) is 0 Å². The molecule has 0 N–H and O–H groups in total. The summed E-state index contributed by atoms with van der Waals surface area (Å²) < 4.78 is 13.7. The highest BCUT2D eigenvalue weighted by Gasteiger charge is 2.04. The highest BCUT2D eigenvalue weighted by molar-refractivity contribution is 5.77. The van der Waals surface area contributed by atoms with Crippen LogP contribution in [0.5, 0.6) is 23.0 Å². The lowest BCUT2D eigenvalue weighted by Crippen LogP contribution is -1.88. The van der Waals surface area contributed by atoms with Gasteiger partial charge in [0.1, 0.15) is 23.0 Å². The van der Waals surface area contributed by atoms with Gasteiger partial charge in [-0.1, -0.05) is 18.2 Å². The molecule has 4 heteroatoms. The lowest BCUT2D eigenvalue weighted by atomic mass is 10.3. The van der Waals surface area contributed by atoms with Gasteiger partial charge in [-0.05, 0) is 48.5 Å². The minimum atomic E-state index is 0.761. The quantitative estimate of drug-likeness (QED) is 0.522. The lowest BCUT2D eigenvalue weighted by Gasteiger charge is -2.08. The third-order valence-corrected chi connectivity index (χ3v) is 3.74. The summed E-state index contributed by atoms with van der Waals surface area (Å²) >= 11 is 0. The van der Waals surface area contributed by atoms with Crippen LogP contribution in [0.15, 0.2) is 79.1 Å². The number of hydrogen-bond donors (Lipinski definition) is 0. The van der Waals surface area contributed by atoms with Crippen molar-refractivity contribution in [2.45, 2.75) is 0 Å². The van der Waals surface area contributed by atoms with Crippen molar-refractivity contribution in [2.75, 3.05) is 0 Å². The molecule has 0 aliphatic heterocycles. The Kier molecular flexibility index (Phi) is 3.63. The zero-order valence-corrected chi connectivity index (χ0v) is 13.2. The van der Waals surface area contributed by atoms with Crippen molar-refractivity contribution in [3.63, 3.8) is 0 Å². The number of para-hydroxylation sites is 1. The molecule has 0 atom stereocenters. The molecule has 1 aromatic heterocycles. The van der Waals surface area contributed by atoms with E-state index in [2.05, 4.69) is 4.98 Å². The molecule has 1 heterocycles. The van der Waals surface area contributed by atoms with Gasteiger partial charge in [-0.15, -0.1) is 0 Å². The molecule has 0 aliphatic rings. The Balaban J connectivity index is 1.51. The van der Waals surface area contributed by atoms with Gasteiger partial charge in [0.25, 0.3) is 0 Å². The molecule has 24 heavy (non-hydrogen) atoms. The Bertz CT molecular complexity index is 960. The average Bonchev–Trinajstić information content (AvgIpc) is 2.98. The SMILES string of the molecule is Cn1cnc2ccc(Oc3ccc(Oc4ccccc4)cc3)cc21. The fraction of sp³-hybridized carbons (Fsp3) is 0.0500. The van der Waals surface area contributed by atoms with Gasteiger partial charge in [0.05, 0.1) is 17.4 Å². The summed E-state index contributed by atoms with van der Waals surface area (Å²) in [5.74, 6) is 3.13. The van der Waals surface area contributed by atoms with E-state index in [1.54, 1.807) is 6.33 Å². The zero-order chi connectivity index (χ0) is 16.4. The van der Waals surface area contributed by atoms with Crippen molar-refractivity contribution >= 4 is 11.0 Å². The van der Waals surface area contributed by atoms with Gasteiger partial charge in [-0.2, -0.15) is 0 Å². The van der Waals surface area contributed by atoms with Crippen LogP contribution < -0.4 is 9.47 Å². The molecule has 0 fully saturated rings. The first-order chi connectivity index (χ1) is 11.8. The molecule has 3 aromatic carbocycles. The van der Waals surface area contributed by atoms with E-state index in [9.17, 15) is 0 Å². The topological polar surface area (TPSA) is 36.3 Å². The standard InChI is InChI=1S/C20H16N2O2/c1-22-14-21-19-12-11-18(13-20(19)22)24-17-9-7-16(8-10-17)23-15-5-3-2-4-6-15/h2-14H,1H3. The van der Waals surface area contributed by atoms with Crippen LogP contribution in [0.4, 0.5) is 0 Å². The maximum atomic E-state index is 5.92. The number of hydrogen-bond acceptors (Lipinski definition) is 3. The zero-order valence-electron chi connectivity index (χ0n) is 13.2. The highest BCUT2D eigenvalue weighted by atomic mass is 16.5. The number of aryl methyl sites for hydroxylation is 1. The predicted molar refractivity (Wildman–Crippen MR) is 93.7 cm³/mol. The van der Waals surface area contributed by atoms with Crippen LogP contribution in [-0.4, -0.2) is 9.55 Å². The normalized spacial score (nSPS) is 10.7. The maximum Gasteiger partial charge on any atom is 0.129 e. The number of aromatic nitrogens is 2. The second-order valence-electron chi connectivity index (χ2n) is 5.49. The van der Waals surface area contributed by atoms with Crippen LogP contribution in [0.25, 0.3) is 11.0 Å². The summed E-state index contributed by atoms with van der Waals surface area (Å²) in [6.07, 6.45) is 1.80. The van der Waals surface area contributed by atoms with Crippen molar-refractivity contribution in [1.82, 2.24) is 9.55 Å². The summed E-state index contributed by atoms with van der Waals surface area (Å²) in [6.45, 7) is 0. The van der Waals surface area contributed by atoms with Crippen molar-refractivity contribution < 1.29 is 9.47 Å². The van der Waals surface area contributed by atoms with E-state index in [-0.39, 0.29) is 0 Å². The Morgan fingerprint density at radius 3 is 2.00 bits per heavy atom. The lowest BCUT2D eigenvalue weighted by molar-refractivity contribution is 0.469. The first-order valence-corrected chi connectivity index (χ1v) is 7.70. The predicted octanol–water partition coefficient (Wildman–Crippen LogP) is 5.16. The molecular formula is C20H16N2O2.